The van der Waals surface area contributed by atoms with E-state index in [4.69, 9.17) is 8.54 Å². The van der Waals surface area contributed by atoms with Gasteiger partial charge in [0.2, 0.25) is 0 Å². The van der Waals surface area contributed by atoms with Gasteiger partial charge in [0.1, 0.15) is 0 Å². The lowest BCUT2D eigenvalue weighted by atomic mass is 10.2. The van der Waals surface area contributed by atoms with E-state index in [9.17, 15) is 15.0 Å². The Morgan fingerprint density at radius 3 is 2.28 bits per heavy atom. The van der Waals surface area contributed by atoms with Crippen molar-refractivity contribution in [2.75, 3.05) is 13.7 Å². The van der Waals surface area contributed by atoms with Crippen LogP contribution in [0.3, 0.4) is 0 Å². The molecule has 0 aliphatic carbocycles. The molecule has 1 aromatic carbocycles. The first-order valence-electron chi connectivity index (χ1n) is 9.21. The van der Waals surface area contributed by atoms with E-state index in [0.717, 1.165) is 18.0 Å². The number of unbranched alkanes of at least 4 members (excludes halogenated alkanes) is 4. The molecule has 0 aliphatic heterocycles. The van der Waals surface area contributed by atoms with E-state index in [2.05, 4.69) is 6.92 Å². The van der Waals surface area contributed by atoms with Crippen molar-refractivity contribution < 1.29 is 23.5 Å². The van der Waals surface area contributed by atoms with Crippen molar-refractivity contribution in [3.63, 3.8) is 0 Å². The molecule has 1 aromatic rings. The van der Waals surface area contributed by atoms with Gasteiger partial charge in [-0.15, -0.1) is 0 Å². The number of hydrogen-bond donors (Lipinski definition) is 3. The summed E-state index contributed by atoms with van der Waals surface area (Å²) < 4.78 is 12.1. The summed E-state index contributed by atoms with van der Waals surface area (Å²) in [7, 11) is -4.38. The van der Waals surface area contributed by atoms with Crippen molar-refractivity contribution in [2.45, 2.75) is 63.8 Å². The highest BCUT2D eigenvalue weighted by Gasteiger charge is 2.46. The van der Waals surface area contributed by atoms with Crippen molar-refractivity contribution in [1.29, 1.82) is 0 Å². The highest BCUT2D eigenvalue weighted by Crippen LogP contribution is 2.27. The first-order valence-corrected chi connectivity index (χ1v) is 13.8. The van der Waals surface area contributed by atoms with Gasteiger partial charge in [0.15, 0.2) is 0 Å². The second-order valence-electron chi connectivity index (χ2n) is 6.77. The predicted molar refractivity (Wildman–Crippen MR) is 105 cm³/mol. The predicted octanol–water partition coefficient (Wildman–Crippen LogP) is 2.39. The number of rotatable bonds is 13. The van der Waals surface area contributed by atoms with E-state index in [1.54, 1.807) is 13.7 Å². The maximum atomic E-state index is 11.0. The van der Waals surface area contributed by atoms with Crippen LogP contribution in [0, 0.1) is 0 Å². The molecular formula is C18H34O5Si2. The monoisotopic (exact) mass is 386 g/mol. The van der Waals surface area contributed by atoms with Crippen molar-refractivity contribution in [3.8, 4) is 0 Å². The van der Waals surface area contributed by atoms with Gasteiger partial charge in [-0.1, -0.05) is 69.4 Å². The maximum absolute atomic E-state index is 11.0. The molecule has 0 spiro atoms. The first kappa shape index (κ1) is 22.5. The van der Waals surface area contributed by atoms with E-state index < -0.39 is 23.2 Å². The maximum Gasteiger partial charge on any atom is 0.357 e. The molecule has 3 N–H and O–H groups in total. The van der Waals surface area contributed by atoms with Gasteiger partial charge < -0.3 is 23.5 Å². The van der Waals surface area contributed by atoms with Crippen LogP contribution in [0.25, 0.3) is 0 Å². The van der Waals surface area contributed by atoms with Gasteiger partial charge in [0, 0.05) is 13.2 Å². The standard InChI is InChI=1S/C18H34O5Si2/c1-4-5-6-7-11-14-25(22-2,16-17(20)15-19)23-24(3,21)18-12-9-8-10-13-18/h8-10,12-13,17,19-21H,4-7,11,14-16H2,1-3H3. The molecule has 3 unspecified atom stereocenters. The van der Waals surface area contributed by atoms with E-state index >= 15 is 0 Å². The third-order valence-electron chi connectivity index (χ3n) is 4.48. The molecule has 7 heteroatoms. The van der Waals surface area contributed by atoms with E-state index in [1.807, 2.05) is 30.3 Å². The van der Waals surface area contributed by atoms with Gasteiger partial charge in [-0.2, -0.15) is 0 Å². The molecule has 0 aromatic heterocycles. The summed E-state index contributed by atoms with van der Waals surface area (Å²) in [6.45, 7) is 3.59. The Morgan fingerprint density at radius 1 is 1.08 bits per heavy atom. The minimum Gasteiger partial charge on any atom is -0.411 e. The average Bonchev–Trinajstić information content (AvgIpc) is 2.61. The summed E-state index contributed by atoms with van der Waals surface area (Å²) in [4.78, 5) is 11.0. The summed E-state index contributed by atoms with van der Waals surface area (Å²) >= 11 is 0. The second-order valence-corrected chi connectivity index (χ2v) is 13.3. The van der Waals surface area contributed by atoms with Crippen molar-refractivity contribution in [2.24, 2.45) is 0 Å². The Morgan fingerprint density at radius 2 is 1.72 bits per heavy atom. The molecule has 0 saturated heterocycles. The van der Waals surface area contributed by atoms with Gasteiger partial charge in [-0.05, 0) is 17.8 Å². The smallest absolute Gasteiger partial charge is 0.357 e. The number of benzene rings is 1. The average molecular weight is 387 g/mol. The molecule has 0 bridgehead atoms. The lowest BCUT2D eigenvalue weighted by Gasteiger charge is -2.37. The normalized spacial score (nSPS) is 17.7. The van der Waals surface area contributed by atoms with Crippen LogP contribution in [0.2, 0.25) is 18.6 Å². The summed E-state index contributed by atoms with van der Waals surface area (Å²) in [5.41, 5.74) is 0. The molecule has 5 nitrogen and oxygen atoms in total. The molecule has 3 atom stereocenters. The van der Waals surface area contributed by atoms with Crippen LogP contribution in [0.5, 0.6) is 0 Å². The number of aliphatic hydroxyl groups is 2. The van der Waals surface area contributed by atoms with Crippen LogP contribution < -0.4 is 5.19 Å². The largest absolute Gasteiger partial charge is 0.411 e. The van der Waals surface area contributed by atoms with Gasteiger partial charge in [-0.3, -0.25) is 0 Å². The molecule has 0 heterocycles. The lowest BCUT2D eigenvalue weighted by Crippen LogP contribution is -2.59. The Kier molecular flexibility index (Phi) is 10.1. The van der Waals surface area contributed by atoms with E-state index in [-0.39, 0.29) is 12.7 Å². The van der Waals surface area contributed by atoms with Gasteiger partial charge >= 0.3 is 17.1 Å². The zero-order chi connectivity index (χ0) is 18.8. The molecule has 0 saturated carbocycles. The third-order valence-corrected chi connectivity index (χ3v) is 11.9. The van der Waals surface area contributed by atoms with Crippen LogP contribution in [0.4, 0.5) is 0 Å². The number of aliphatic hydroxyl groups excluding tert-OH is 2. The Bertz CT molecular complexity index is 472. The minimum absolute atomic E-state index is 0.268. The Balaban J connectivity index is 2.87. The zero-order valence-corrected chi connectivity index (χ0v) is 17.8. The molecule has 25 heavy (non-hydrogen) atoms. The van der Waals surface area contributed by atoms with Gasteiger partial charge in [0.05, 0.1) is 12.7 Å². The highest BCUT2D eigenvalue weighted by atomic mass is 28.5. The van der Waals surface area contributed by atoms with E-state index in [1.165, 1.54) is 19.3 Å². The molecule has 0 aliphatic rings. The molecular weight excluding hydrogens is 352 g/mol. The van der Waals surface area contributed by atoms with Crippen molar-refractivity contribution in [3.05, 3.63) is 30.3 Å². The van der Waals surface area contributed by atoms with Gasteiger partial charge in [-0.25, -0.2) is 0 Å². The summed E-state index contributed by atoms with van der Waals surface area (Å²) in [5, 5.41) is 20.0. The van der Waals surface area contributed by atoms with Crippen LogP contribution in [-0.2, 0) is 8.54 Å². The quantitative estimate of drug-likeness (QED) is 0.358. The zero-order valence-electron chi connectivity index (χ0n) is 15.8. The summed E-state index contributed by atoms with van der Waals surface area (Å²) in [6, 6.07) is 10.4. The van der Waals surface area contributed by atoms with Crippen LogP contribution in [0.1, 0.15) is 39.0 Å². The SMILES string of the molecule is CCCCCCC[Si](CC(O)CO)(OC)O[Si](C)(O)c1ccccc1. The highest BCUT2D eigenvalue weighted by molar-refractivity contribution is 6.87. The van der Waals surface area contributed by atoms with Crippen LogP contribution in [-0.4, -0.2) is 52.0 Å². The molecule has 0 radical (unpaired) electrons. The first-order chi connectivity index (χ1) is 11.9. The third kappa shape index (κ3) is 7.70. The van der Waals surface area contributed by atoms with Crippen LogP contribution >= 0.6 is 0 Å². The van der Waals surface area contributed by atoms with Gasteiger partial charge in [0.25, 0.3) is 0 Å². The fraction of sp³-hybridized carbons (Fsp3) is 0.667. The topological polar surface area (TPSA) is 79.2 Å². The Labute approximate surface area is 154 Å². The number of hydrogen-bond acceptors (Lipinski definition) is 5. The van der Waals surface area contributed by atoms with Crippen molar-refractivity contribution >= 4 is 22.3 Å². The summed E-state index contributed by atoms with van der Waals surface area (Å²) in [6.07, 6.45) is 4.69. The second kappa shape index (κ2) is 11.2. The fourth-order valence-electron chi connectivity index (χ4n) is 3.01. The molecule has 0 amide bonds. The molecule has 1 rings (SSSR count). The lowest BCUT2D eigenvalue weighted by molar-refractivity contribution is 0.0989. The van der Waals surface area contributed by atoms with Crippen LogP contribution in [0.15, 0.2) is 30.3 Å². The minimum atomic E-state index is -3.15. The molecule has 144 valence electrons. The Hall–Kier alpha value is -0.546. The summed E-state index contributed by atoms with van der Waals surface area (Å²) in [5.74, 6) is 0. The molecule has 0 fully saturated rings. The fourth-order valence-corrected chi connectivity index (χ4v) is 10.5. The van der Waals surface area contributed by atoms with Crippen molar-refractivity contribution in [1.82, 2.24) is 0 Å². The van der Waals surface area contributed by atoms with E-state index in [0.29, 0.717) is 6.04 Å².